The van der Waals surface area contributed by atoms with Gasteiger partial charge >= 0.3 is 0 Å². The van der Waals surface area contributed by atoms with Gasteiger partial charge in [0.1, 0.15) is 5.56 Å². The van der Waals surface area contributed by atoms with Crippen molar-refractivity contribution in [3.8, 4) is 5.88 Å². The molecule has 0 saturated carbocycles. The first-order valence-corrected chi connectivity index (χ1v) is 6.43. The number of hydrogen-bond acceptors (Lipinski definition) is 5. The van der Waals surface area contributed by atoms with Gasteiger partial charge in [0.2, 0.25) is 5.88 Å². The highest BCUT2D eigenvalue weighted by Crippen LogP contribution is 2.24. The van der Waals surface area contributed by atoms with E-state index in [2.05, 4.69) is 15.2 Å². The Hall–Kier alpha value is -2.44. The molecule has 20 heavy (non-hydrogen) atoms. The normalized spacial score (nSPS) is 18.2. The molecule has 0 spiro atoms. The largest absolute Gasteiger partial charge is 0.480 e. The van der Waals surface area contributed by atoms with Crippen molar-refractivity contribution in [2.45, 2.75) is 12.5 Å². The number of methoxy groups -OCH3 is 1. The van der Waals surface area contributed by atoms with Crippen LogP contribution in [0.1, 0.15) is 22.8 Å². The Labute approximate surface area is 116 Å². The number of nitrogens with zero attached hydrogens (tertiary/aromatic N) is 5. The Balaban J connectivity index is 1.76. The molecule has 1 aliphatic rings. The van der Waals surface area contributed by atoms with Gasteiger partial charge in [0.15, 0.2) is 0 Å². The molecule has 3 heterocycles. The Bertz CT molecular complexity index is 599. The van der Waals surface area contributed by atoms with Crippen molar-refractivity contribution in [2.24, 2.45) is 0 Å². The van der Waals surface area contributed by atoms with Crippen LogP contribution in [0.5, 0.6) is 5.88 Å². The van der Waals surface area contributed by atoms with Gasteiger partial charge in [-0.3, -0.25) is 4.79 Å². The number of aromatic nitrogens is 4. The van der Waals surface area contributed by atoms with E-state index in [0.29, 0.717) is 24.5 Å². The van der Waals surface area contributed by atoms with Crippen molar-refractivity contribution in [3.05, 3.63) is 36.3 Å². The number of carbonyl (C=O) groups is 1. The molecule has 1 atom stereocenters. The zero-order chi connectivity index (χ0) is 13.9. The Morgan fingerprint density at radius 1 is 1.35 bits per heavy atom. The van der Waals surface area contributed by atoms with Crippen LogP contribution in [-0.4, -0.2) is 51.0 Å². The molecule has 1 aliphatic heterocycles. The first-order chi connectivity index (χ1) is 9.79. The first kappa shape index (κ1) is 12.6. The number of pyridine rings is 1. The number of amides is 1. The van der Waals surface area contributed by atoms with E-state index in [9.17, 15) is 4.79 Å². The summed E-state index contributed by atoms with van der Waals surface area (Å²) in [6, 6.07) is 3.60. The summed E-state index contributed by atoms with van der Waals surface area (Å²) in [4.78, 5) is 20.0. The molecule has 1 unspecified atom stereocenters. The quantitative estimate of drug-likeness (QED) is 0.825. The van der Waals surface area contributed by atoms with Crippen molar-refractivity contribution >= 4 is 5.91 Å². The van der Waals surface area contributed by atoms with E-state index in [-0.39, 0.29) is 11.9 Å². The topological polar surface area (TPSA) is 73.1 Å². The number of likely N-dealkylation sites (tertiary alicyclic amines) is 1. The minimum atomic E-state index is -0.0652. The third-order valence-electron chi connectivity index (χ3n) is 3.41. The van der Waals surface area contributed by atoms with E-state index >= 15 is 0 Å². The minimum absolute atomic E-state index is 0.0652. The van der Waals surface area contributed by atoms with Gasteiger partial charge in [-0.2, -0.15) is 15.0 Å². The number of rotatable bonds is 3. The molecule has 2 aromatic rings. The molecular formula is C13H15N5O2. The molecule has 7 nitrogen and oxygen atoms in total. The van der Waals surface area contributed by atoms with E-state index in [1.807, 2.05) is 0 Å². The standard InChI is InChI=1S/C13H15N5O2/c1-20-12-11(3-2-5-14-12)13(19)17-8-4-10(9-17)18-15-6-7-16-18/h2-3,5-7,10H,4,8-9H2,1H3. The molecule has 2 aromatic heterocycles. The van der Waals surface area contributed by atoms with Gasteiger partial charge < -0.3 is 9.64 Å². The summed E-state index contributed by atoms with van der Waals surface area (Å²) >= 11 is 0. The Morgan fingerprint density at radius 3 is 2.90 bits per heavy atom. The van der Waals surface area contributed by atoms with Crippen LogP contribution in [0, 0.1) is 0 Å². The predicted molar refractivity (Wildman–Crippen MR) is 70.4 cm³/mol. The van der Waals surface area contributed by atoms with Crippen LogP contribution in [0.4, 0.5) is 0 Å². The zero-order valence-electron chi connectivity index (χ0n) is 11.1. The fourth-order valence-corrected chi connectivity index (χ4v) is 2.42. The maximum absolute atomic E-state index is 12.5. The summed E-state index contributed by atoms with van der Waals surface area (Å²) in [6.07, 6.45) is 5.75. The van der Waals surface area contributed by atoms with Crippen molar-refractivity contribution < 1.29 is 9.53 Å². The third kappa shape index (κ3) is 2.22. The third-order valence-corrected chi connectivity index (χ3v) is 3.41. The van der Waals surface area contributed by atoms with Crippen LogP contribution in [0.15, 0.2) is 30.7 Å². The highest BCUT2D eigenvalue weighted by atomic mass is 16.5. The van der Waals surface area contributed by atoms with Crippen molar-refractivity contribution in [1.82, 2.24) is 24.9 Å². The average Bonchev–Trinajstić information content (AvgIpc) is 3.16. The van der Waals surface area contributed by atoms with Crippen molar-refractivity contribution in [1.29, 1.82) is 0 Å². The number of ether oxygens (including phenoxy) is 1. The highest BCUT2D eigenvalue weighted by Gasteiger charge is 2.30. The van der Waals surface area contributed by atoms with Gasteiger partial charge in [-0.1, -0.05) is 0 Å². The van der Waals surface area contributed by atoms with E-state index in [1.165, 1.54) is 7.11 Å². The van der Waals surface area contributed by atoms with Crippen LogP contribution in [0.2, 0.25) is 0 Å². The molecule has 0 N–H and O–H groups in total. The van der Waals surface area contributed by atoms with Gasteiger partial charge in [0.05, 0.1) is 25.5 Å². The summed E-state index contributed by atoms with van der Waals surface area (Å²) in [5.74, 6) is 0.294. The van der Waals surface area contributed by atoms with Gasteiger partial charge in [0, 0.05) is 19.3 Å². The summed E-state index contributed by atoms with van der Waals surface area (Å²) in [5.41, 5.74) is 0.490. The second-order valence-electron chi connectivity index (χ2n) is 4.60. The highest BCUT2D eigenvalue weighted by molar-refractivity contribution is 5.96. The number of hydrogen-bond donors (Lipinski definition) is 0. The average molecular weight is 273 g/mol. The van der Waals surface area contributed by atoms with Crippen molar-refractivity contribution in [2.75, 3.05) is 20.2 Å². The molecule has 1 saturated heterocycles. The maximum atomic E-state index is 12.5. The lowest BCUT2D eigenvalue weighted by atomic mass is 10.2. The molecule has 1 amide bonds. The predicted octanol–water partition coefficient (Wildman–Crippen LogP) is 0.769. The van der Waals surface area contributed by atoms with Gasteiger partial charge in [0.25, 0.3) is 5.91 Å². The lowest BCUT2D eigenvalue weighted by Crippen LogP contribution is -2.29. The monoisotopic (exact) mass is 273 g/mol. The van der Waals surface area contributed by atoms with Gasteiger partial charge in [-0.05, 0) is 18.6 Å². The lowest BCUT2D eigenvalue weighted by Gasteiger charge is -2.17. The second-order valence-corrected chi connectivity index (χ2v) is 4.60. The van der Waals surface area contributed by atoms with Gasteiger partial charge in [-0.15, -0.1) is 0 Å². The smallest absolute Gasteiger partial charge is 0.259 e. The summed E-state index contributed by atoms with van der Waals surface area (Å²) < 4.78 is 5.14. The SMILES string of the molecule is COc1ncccc1C(=O)N1CCC(n2nccn2)C1. The van der Waals surface area contributed by atoms with Crippen molar-refractivity contribution in [3.63, 3.8) is 0 Å². The molecule has 0 bridgehead atoms. The summed E-state index contributed by atoms with van der Waals surface area (Å²) in [6.45, 7) is 1.29. The Kier molecular flexibility index (Phi) is 3.32. The van der Waals surface area contributed by atoms with E-state index < -0.39 is 0 Å². The molecule has 7 heteroatoms. The maximum Gasteiger partial charge on any atom is 0.259 e. The first-order valence-electron chi connectivity index (χ1n) is 6.43. The van der Waals surface area contributed by atoms with Crippen LogP contribution in [0.3, 0.4) is 0 Å². The van der Waals surface area contributed by atoms with E-state index in [1.54, 1.807) is 40.4 Å². The zero-order valence-corrected chi connectivity index (χ0v) is 11.1. The molecule has 104 valence electrons. The Morgan fingerprint density at radius 2 is 2.15 bits per heavy atom. The minimum Gasteiger partial charge on any atom is -0.480 e. The fourth-order valence-electron chi connectivity index (χ4n) is 2.42. The lowest BCUT2D eigenvalue weighted by molar-refractivity contribution is 0.0782. The molecule has 0 aromatic carbocycles. The van der Waals surface area contributed by atoms with E-state index in [0.717, 1.165) is 6.42 Å². The summed E-state index contributed by atoms with van der Waals surface area (Å²) in [7, 11) is 1.51. The van der Waals surface area contributed by atoms with E-state index in [4.69, 9.17) is 4.74 Å². The molecule has 3 rings (SSSR count). The van der Waals surface area contributed by atoms with Crippen LogP contribution in [0.25, 0.3) is 0 Å². The van der Waals surface area contributed by atoms with Gasteiger partial charge in [-0.25, -0.2) is 4.98 Å². The fraction of sp³-hybridized carbons (Fsp3) is 0.385. The molecule has 1 fully saturated rings. The molecular weight excluding hydrogens is 258 g/mol. The molecule has 0 radical (unpaired) electrons. The molecule has 0 aliphatic carbocycles. The van der Waals surface area contributed by atoms with Crippen LogP contribution >= 0.6 is 0 Å². The van der Waals surface area contributed by atoms with Crippen LogP contribution < -0.4 is 4.74 Å². The second kappa shape index (κ2) is 5.28. The summed E-state index contributed by atoms with van der Waals surface area (Å²) in [5, 5.41) is 8.26. The van der Waals surface area contributed by atoms with Crippen LogP contribution in [-0.2, 0) is 0 Å². The number of carbonyl (C=O) groups excluding carboxylic acids is 1.